The largest absolute Gasteiger partial charge is 0.344 e. The molecule has 2 amide bonds. The Morgan fingerprint density at radius 3 is 2.67 bits per heavy atom. The summed E-state index contributed by atoms with van der Waals surface area (Å²) in [4.78, 5) is 24.2. The van der Waals surface area contributed by atoms with Crippen LogP contribution in [0, 0.1) is 23.2 Å². The van der Waals surface area contributed by atoms with E-state index in [2.05, 4.69) is 10.6 Å². The van der Waals surface area contributed by atoms with Crippen LogP contribution in [0.1, 0.15) is 46.0 Å². The molecule has 2 N–H and O–H groups in total. The lowest BCUT2D eigenvalue weighted by Gasteiger charge is -2.26. The number of hydrogen-bond donors (Lipinski definition) is 2. The Labute approximate surface area is 125 Å². The Bertz CT molecular complexity index is 406. The number of amides is 2. The first-order chi connectivity index (χ1) is 9.93. The molecular formula is C15H24FN3O2. The molecule has 0 aromatic carbocycles. The number of hydrogen-bond acceptors (Lipinski definition) is 3. The minimum Gasteiger partial charge on any atom is -0.344 e. The molecule has 1 fully saturated rings. The molecular weight excluding hydrogens is 273 g/mol. The van der Waals surface area contributed by atoms with Gasteiger partial charge in [0.2, 0.25) is 11.8 Å². The van der Waals surface area contributed by atoms with Crippen LogP contribution >= 0.6 is 0 Å². The predicted molar refractivity (Wildman–Crippen MR) is 76.9 cm³/mol. The molecule has 1 aliphatic carbocycles. The van der Waals surface area contributed by atoms with Crippen molar-refractivity contribution in [2.24, 2.45) is 11.8 Å². The molecule has 1 aliphatic rings. The molecule has 0 aromatic rings. The molecule has 0 aromatic heterocycles. The van der Waals surface area contributed by atoms with Crippen molar-refractivity contribution in [1.82, 2.24) is 10.6 Å². The van der Waals surface area contributed by atoms with Crippen molar-refractivity contribution >= 4 is 11.8 Å². The maximum Gasteiger partial charge on any atom is 0.243 e. The first kappa shape index (κ1) is 17.4. The average molecular weight is 297 g/mol. The van der Waals surface area contributed by atoms with E-state index in [0.29, 0.717) is 25.7 Å². The second-order valence-electron chi connectivity index (χ2n) is 6.03. The highest BCUT2D eigenvalue weighted by molar-refractivity contribution is 5.88. The molecule has 0 spiro atoms. The van der Waals surface area contributed by atoms with E-state index < -0.39 is 12.2 Å². The molecule has 0 saturated heterocycles. The molecule has 3 atom stereocenters. The van der Waals surface area contributed by atoms with Crippen molar-refractivity contribution in [2.75, 3.05) is 6.54 Å². The van der Waals surface area contributed by atoms with Crippen LogP contribution in [-0.4, -0.2) is 30.6 Å². The molecule has 118 valence electrons. The SMILES string of the molecule is CC(C)C[C@H](NC(=O)C1CCCC(F)C1)C(=O)NCC#N. The fourth-order valence-corrected chi connectivity index (χ4v) is 2.61. The summed E-state index contributed by atoms with van der Waals surface area (Å²) in [5.74, 6) is -0.739. The maximum atomic E-state index is 13.4. The van der Waals surface area contributed by atoms with Gasteiger partial charge >= 0.3 is 0 Å². The van der Waals surface area contributed by atoms with Crippen molar-refractivity contribution in [2.45, 2.75) is 58.2 Å². The Balaban J connectivity index is 2.60. The smallest absolute Gasteiger partial charge is 0.243 e. The lowest BCUT2D eigenvalue weighted by atomic mass is 9.87. The van der Waals surface area contributed by atoms with E-state index in [1.54, 1.807) is 0 Å². The van der Waals surface area contributed by atoms with Gasteiger partial charge in [-0.2, -0.15) is 5.26 Å². The van der Waals surface area contributed by atoms with Crippen molar-refractivity contribution in [3.8, 4) is 6.07 Å². The fourth-order valence-electron chi connectivity index (χ4n) is 2.61. The number of nitriles is 1. The van der Waals surface area contributed by atoms with Gasteiger partial charge in [-0.1, -0.05) is 13.8 Å². The van der Waals surface area contributed by atoms with Crippen LogP contribution in [-0.2, 0) is 9.59 Å². The third kappa shape index (κ3) is 6.11. The summed E-state index contributed by atoms with van der Waals surface area (Å²) in [5.41, 5.74) is 0. The van der Waals surface area contributed by atoms with E-state index in [4.69, 9.17) is 5.26 Å². The minimum absolute atomic E-state index is 0.0840. The van der Waals surface area contributed by atoms with E-state index in [1.807, 2.05) is 19.9 Å². The van der Waals surface area contributed by atoms with Crippen LogP contribution in [0.3, 0.4) is 0 Å². The van der Waals surface area contributed by atoms with Crippen LogP contribution in [0.25, 0.3) is 0 Å². The summed E-state index contributed by atoms with van der Waals surface area (Å²) in [6, 6.07) is 1.17. The Morgan fingerprint density at radius 2 is 2.10 bits per heavy atom. The minimum atomic E-state index is -0.925. The molecule has 21 heavy (non-hydrogen) atoms. The zero-order valence-corrected chi connectivity index (χ0v) is 12.7. The van der Waals surface area contributed by atoms with Crippen LogP contribution in [0.15, 0.2) is 0 Å². The first-order valence-electron chi connectivity index (χ1n) is 7.53. The number of carbonyl (C=O) groups excluding carboxylic acids is 2. The summed E-state index contributed by atoms with van der Waals surface area (Å²) in [7, 11) is 0. The van der Waals surface area contributed by atoms with Gasteiger partial charge in [-0.15, -0.1) is 0 Å². The van der Waals surface area contributed by atoms with Crippen LogP contribution in [0.4, 0.5) is 4.39 Å². The highest BCUT2D eigenvalue weighted by Gasteiger charge is 2.30. The molecule has 0 bridgehead atoms. The van der Waals surface area contributed by atoms with Crippen LogP contribution < -0.4 is 10.6 Å². The van der Waals surface area contributed by atoms with E-state index >= 15 is 0 Å². The van der Waals surface area contributed by atoms with Crippen molar-refractivity contribution in [3.05, 3.63) is 0 Å². The quantitative estimate of drug-likeness (QED) is 0.732. The summed E-state index contributed by atoms with van der Waals surface area (Å²) in [6.45, 7) is 3.82. The Morgan fingerprint density at radius 1 is 1.38 bits per heavy atom. The second-order valence-corrected chi connectivity index (χ2v) is 6.03. The lowest BCUT2D eigenvalue weighted by molar-refractivity contribution is -0.132. The molecule has 0 heterocycles. The van der Waals surface area contributed by atoms with Crippen molar-refractivity contribution in [3.63, 3.8) is 0 Å². The van der Waals surface area contributed by atoms with E-state index in [1.165, 1.54) is 0 Å². The molecule has 0 radical (unpaired) electrons. The molecule has 5 nitrogen and oxygen atoms in total. The van der Waals surface area contributed by atoms with Crippen LogP contribution in [0.5, 0.6) is 0 Å². The zero-order chi connectivity index (χ0) is 15.8. The molecule has 6 heteroatoms. The zero-order valence-electron chi connectivity index (χ0n) is 12.7. The van der Waals surface area contributed by atoms with Gasteiger partial charge in [-0.3, -0.25) is 9.59 Å². The normalized spacial score (nSPS) is 23.2. The Kier molecular flexibility index (Phi) is 7.13. The van der Waals surface area contributed by atoms with Gasteiger partial charge in [0.05, 0.1) is 6.07 Å². The number of rotatable bonds is 6. The topological polar surface area (TPSA) is 82.0 Å². The third-order valence-electron chi connectivity index (χ3n) is 3.66. The monoisotopic (exact) mass is 297 g/mol. The number of nitrogens with zero attached hydrogens (tertiary/aromatic N) is 1. The molecule has 1 saturated carbocycles. The summed E-state index contributed by atoms with van der Waals surface area (Å²) < 4.78 is 13.4. The number of nitrogens with one attached hydrogen (secondary N) is 2. The number of alkyl halides is 1. The standard InChI is InChI=1S/C15H24FN3O2/c1-10(2)8-13(15(21)18-7-6-17)19-14(20)11-4-3-5-12(16)9-11/h10-13H,3-5,7-9H2,1-2H3,(H,18,21)(H,19,20)/t11?,12?,13-/m0/s1. The summed E-state index contributed by atoms with van der Waals surface area (Å²) in [6.07, 6.45) is 1.69. The molecule has 2 unspecified atom stereocenters. The first-order valence-corrected chi connectivity index (χ1v) is 7.53. The second kappa shape index (κ2) is 8.60. The highest BCUT2D eigenvalue weighted by Crippen LogP contribution is 2.26. The van der Waals surface area contributed by atoms with Gasteiger partial charge in [0.25, 0.3) is 0 Å². The van der Waals surface area contributed by atoms with Gasteiger partial charge < -0.3 is 10.6 Å². The maximum absolute atomic E-state index is 13.4. The number of halogens is 1. The lowest BCUT2D eigenvalue weighted by Crippen LogP contribution is -2.49. The van der Waals surface area contributed by atoms with E-state index in [0.717, 1.165) is 0 Å². The van der Waals surface area contributed by atoms with Crippen molar-refractivity contribution in [1.29, 1.82) is 5.26 Å². The third-order valence-corrected chi connectivity index (χ3v) is 3.66. The molecule has 0 aliphatic heterocycles. The summed E-state index contributed by atoms with van der Waals surface area (Å²) in [5, 5.41) is 13.7. The van der Waals surface area contributed by atoms with E-state index in [-0.39, 0.29) is 36.6 Å². The fraction of sp³-hybridized carbons (Fsp3) is 0.800. The van der Waals surface area contributed by atoms with Gasteiger partial charge in [0, 0.05) is 5.92 Å². The van der Waals surface area contributed by atoms with Gasteiger partial charge in [0.1, 0.15) is 18.8 Å². The van der Waals surface area contributed by atoms with E-state index in [9.17, 15) is 14.0 Å². The average Bonchev–Trinajstić information content (AvgIpc) is 2.43. The summed E-state index contributed by atoms with van der Waals surface area (Å²) >= 11 is 0. The highest BCUT2D eigenvalue weighted by atomic mass is 19.1. The van der Waals surface area contributed by atoms with Gasteiger partial charge in [0.15, 0.2) is 0 Å². The van der Waals surface area contributed by atoms with Gasteiger partial charge in [-0.05, 0) is 38.0 Å². The van der Waals surface area contributed by atoms with Gasteiger partial charge in [-0.25, -0.2) is 4.39 Å². The Hall–Kier alpha value is -1.64. The molecule has 1 rings (SSSR count). The van der Waals surface area contributed by atoms with Crippen molar-refractivity contribution < 1.29 is 14.0 Å². The van der Waals surface area contributed by atoms with Crippen LogP contribution in [0.2, 0.25) is 0 Å². The number of carbonyl (C=O) groups is 2. The predicted octanol–water partition coefficient (Wildman–Crippen LogP) is 1.69.